The zero-order valence-corrected chi connectivity index (χ0v) is 14.5. The van der Waals surface area contributed by atoms with Crippen LogP contribution in [-0.4, -0.2) is 45.6 Å². The number of pyridine rings is 2. The predicted octanol–water partition coefficient (Wildman–Crippen LogP) is 2.87. The number of carboxylic acid groups (broad SMARTS) is 1. The van der Waals surface area contributed by atoms with Crippen molar-refractivity contribution in [2.75, 3.05) is 25.0 Å². The van der Waals surface area contributed by atoms with Crippen LogP contribution in [0.3, 0.4) is 0 Å². The zero-order valence-electron chi connectivity index (χ0n) is 14.5. The Kier molecular flexibility index (Phi) is 5.60. The van der Waals surface area contributed by atoms with Gasteiger partial charge in [0.15, 0.2) is 0 Å². The summed E-state index contributed by atoms with van der Waals surface area (Å²) in [7, 11) is 0. The molecule has 1 aliphatic rings. The van der Waals surface area contributed by atoms with Crippen molar-refractivity contribution in [2.24, 2.45) is 5.92 Å². The average Bonchev–Trinajstić information content (AvgIpc) is 2.59. The third-order valence-electron chi connectivity index (χ3n) is 4.63. The predicted molar refractivity (Wildman–Crippen MR) is 97.0 cm³/mol. The van der Waals surface area contributed by atoms with E-state index >= 15 is 0 Å². The van der Waals surface area contributed by atoms with Crippen LogP contribution in [0, 0.1) is 12.8 Å². The van der Waals surface area contributed by atoms with Gasteiger partial charge in [-0.25, -0.2) is 9.97 Å². The Hall–Kier alpha value is -2.47. The smallest absolute Gasteiger partial charge is 0.317 e. The Morgan fingerprint density at radius 3 is 2.80 bits per heavy atom. The molecular weight excluding hydrogens is 316 g/mol. The van der Waals surface area contributed by atoms with Gasteiger partial charge >= 0.3 is 5.97 Å². The maximum atomic E-state index is 10.8. The Morgan fingerprint density at radius 1 is 1.28 bits per heavy atom. The summed E-state index contributed by atoms with van der Waals surface area (Å²) < 4.78 is 0. The van der Waals surface area contributed by atoms with E-state index in [-0.39, 0.29) is 6.54 Å². The molecule has 1 fully saturated rings. The highest BCUT2D eigenvalue weighted by Gasteiger charge is 2.21. The molecule has 1 aliphatic heterocycles. The molecule has 1 saturated heterocycles. The summed E-state index contributed by atoms with van der Waals surface area (Å²) in [6.45, 7) is 3.86. The molecule has 0 spiro atoms. The summed E-state index contributed by atoms with van der Waals surface area (Å²) in [4.78, 5) is 21.9. The van der Waals surface area contributed by atoms with Gasteiger partial charge in [0, 0.05) is 11.9 Å². The van der Waals surface area contributed by atoms with E-state index in [2.05, 4.69) is 16.4 Å². The Labute approximate surface area is 147 Å². The molecule has 3 rings (SSSR count). The normalized spacial score (nSPS) is 15.9. The zero-order chi connectivity index (χ0) is 17.6. The van der Waals surface area contributed by atoms with Gasteiger partial charge in [0.2, 0.25) is 0 Å². The lowest BCUT2D eigenvalue weighted by Gasteiger charge is -2.30. The second-order valence-corrected chi connectivity index (χ2v) is 6.63. The maximum absolute atomic E-state index is 10.8. The van der Waals surface area contributed by atoms with Crippen LogP contribution < -0.4 is 5.32 Å². The van der Waals surface area contributed by atoms with E-state index in [1.165, 1.54) is 0 Å². The van der Waals surface area contributed by atoms with Crippen LogP contribution in [0.4, 0.5) is 11.6 Å². The molecule has 0 aromatic carbocycles. The minimum absolute atomic E-state index is 0.147. The van der Waals surface area contributed by atoms with Crippen LogP contribution in [0.25, 0.3) is 0 Å². The van der Waals surface area contributed by atoms with Gasteiger partial charge < -0.3 is 10.4 Å². The van der Waals surface area contributed by atoms with Gasteiger partial charge in [0.25, 0.3) is 0 Å². The van der Waals surface area contributed by atoms with E-state index in [0.29, 0.717) is 5.92 Å². The first-order valence-corrected chi connectivity index (χ1v) is 8.69. The van der Waals surface area contributed by atoms with Crippen LogP contribution in [0.2, 0.25) is 0 Å². The number of hydrogen-bond acceptors (Lipinski definition) is 5. The Balaban J connectivity index is 1.57. The second-order valence-electron chi connectivity index (χ2n) is 6.63. The number of anilines is 2. The molecular formula is C19H24N4O2. The molecule has 0 radical (unpaired) electrons. The highest BCUT2D eigenvalue weighted by Crippen LogP contribution is 2.22. The number of hydrogen-bond donors (Lipinski definition) is 2. The summed E-state index contributed by atoms with van der Waals surface area (Å²) in [6.07, 6.45) is 4.74. The molecule has 6 nitrogen and oxygen atoms in total. The van der Waals surface area contributed by atoms with Gasteiger partial charge in [-0.05, 0) is 69.0 Å². The van der Waals surface area contributed by atoms with Crippen molar-refractivity contribution in [1.29, 1.82) is 0 Å². The van der Waals surface area contributed by atoms with Crippen molar-refractivity contribution in [3.63, 3.8) is 0 Å². The summed E-state index contributed by atoms with van der Waals surface area (Å²) >= 11 is 0. The highest BCUT2D eigenvalue weighted by molar-refractivity contribution is 5.69. The van der Waals surface area contributed by atoms with Crippen LogP contribution in [-0.2, 0) is 11.2 Å². The monoisotopic (exact) mass is 340 g/mol. The van der Waals surface area contributed by atoms with E-state index in [9.17, 15) is 4.79 Å². The number of rotatable bonds is 6. The molecule has 0 amide bonds. The molecule has 132 valence electrons. The third kappa shape index (κ3) is 5.00. The molecule has 0 saturated carbocycles. The van der Waals surface area contributed by atoms with Gasteiger partial charge in [-0.1, -0.05) is 12.1 Å². The lowest BCUT2D eigenvalue weighted by Crippen LogP contribution is -2.37. The van der Waals surface area contributed by atoms with E-state index in [1.807, 2.05) is 36.1 Å². The largest absolute Gasteiger partial charge is 0.480 e. The number of carbonyl (C=O) groups is 1. The lowest BCUT2D eigenvalue weighted by atomic mass is 9.92. The number of nitrogens with zero attached hydrogens (tertiary/aromatic N) is 3. The topological polar surface area (TPSA) is 78.4 Å². The molecule has 2 aromatic heterocycles. The standard InChI is InChI=1S/C19H24N4O2/c1-14-4-3-9-20-19(14)22-17-6-2-5-16(21-17)12-15-7-10-23(11-8-15)13-18(24)25/h2-6,9,15H,7-8,10-13H2,1H3,(H,24,25)(H,20,21,22). The van der Waals surface area contributed by atoms with Gasteiger partial charge in [-0.3, -0.25) is 9.69 Å². The number of aliphatic carboxylic acids is 1. The number of piperidine rings is 1. The molecule has 0 atom stereocenters. The van der Waals surface area contributed by atoms with Crippen molar-refractivity contribution in [3.8, 4) is 0 Å². The second kappa shape index (κ2) is 8.07. The van der Waals surface area contributed by atoms with E-state index in [0.717, 1.165) is 55.2 Å². The summed E-state index contributed by atoms with van der Waals surface area (Å²) in [5.74, 6) is 1.45. The fourth-order valence-corrected chi connectivity index (χ4v) is 3.24. The summed E-state index contributed by atoms with van der Waals surface area (Å²) in [6, 6.07) is 9.96. The van der Waals surface area contributed by atoms with Gasteiger partial charge in [0.1, 0.15) is 11.6 Å². The summed E-state index contributed by atoms with van der Waals surface area (Å²) in [5.41, 5.74) is 2.15. The SMILES string of the molecule is Cc1cccnc1Nc1cccc(CC2CCN(CC(=O)O)CC2)n1. The Bertz CT molecular complexity index is 727. The van der Waals surface area contributed by atoms with Gasteiger partial charge in [-0.15, -0.1) is 0 Å². The summed E-state index contributed by atoms with van der Waals surface area (Å²) in [5, 5.41) is 12.2. The third-order valence-corrected chi connectivity index (χ3v) is 4.63. The van der Waals surface area contributed by atoms with E-state index < -0.39 is 5.97 Å². The molecule has 3 heterocycles. The number of aromatic nitrogens is 2. The van der Waals surface area contributed by atoms with Gasteiger partial charge in [0.05, 0.1) is 6.54 Å². The van der Waals surface area contributed by atoms with Crippen molar-refractivity contribution in [1.82, 2.24) is 14.9 Å². The molecule has 0 unspecified atom stereocenters. The minimum atomic E-state index is -0.747. The van der Waals surface area contributed by atoms with E-state index in [4.69, 9.17) is 10.1 Å². The van der Waals surface area contributed by atoms with Crippen molar-refractivity contribution in [2.45, 2.75) is 26.2 Å². The molecule has 2 N–H and O–H groups in total. The number of carboxylic acids is 1. The first-order valence-electron chi connectivity index (χ1n) is 8.69. The first kappa shape index (κ1) is 17.4. The number of nitrogens with one attached hydrogen (secondary N) is 1. The molecule has 0 aliphatic carbocycles. The highest BCUT2D eigenvalue weighted by atomic mass is 16.4. The fraction of sp³-hybridized carbons (Fsp3) is 0.421. The van der Waals surface area contributed by atoms with Crippen LogP contribution in [0.5, 0.6) is 0 Å². The molecule has 2 aromatic rings. The van der Waals surface area contributed by atoms with Crippen LogP contribution >= 0.6 is 0 Å². The fourth-order valence-electron chi connectivity index (χ4n) is 3.24. The Morgan fingerprint density at radius 2 is 2.08 bits per heavy atom. The van der Waals surface area contributed by atoms with Gasteiger partial charge in [-0.2, -0.15) is 0 Å². The minimum Gasteiger partial charge on any atom is -0.480 e. The maximum Gasteiger partial charge on any atom is 0.317 e. The average molecular weight is 340 g/mol. The van der Waals surface area contributed by atoms with Crippen molar-refractivity contribution < 1.29 is 9.90 Å². The number of likely N-dealkylation sites (tertiary alicyclic amines) is 1. The molecule has 0 bridgehead atoms. The number of aryl methyl sites for hydroxylation is 1. The quantitative estimate of drug-likeness (QED) is 0.842. The van der Waals surface area contributed by atoms with E-state index in [1.54, 1.807) is 6.20 Å². The van der Waals surface area contributed by atoms with Crippen molar-refractivity contribution in [3.05, 3.63) is 47.8 Å². The van der Waals surface area contributed by atoms with Crippen LogP contribution in [0.1, 0.15) is 24.1 Å². The van der Waals surface area contributed by atoms with Crippen LogP contribution in [0.15, 0.2) is 36.5 Å². The molecule has 6 heteroatoms. The lowest BCUT2D eigenvalue weighted by molar-refractivity contribution is -0.138. The first-order chi connectivity index (χ1) is 12.1. The molecule has 25 heavy (non-hydrogen) atoms. The van der Waals surface area contributed by atoms with Crippen molar-refractivity contribution >= 4 is 17.6 Å².